The average Bonchev–Trinajstić information content (AvgIpc) is 2.90. The van der Waals surface area contributed by atoms with Gasteiger partial charge in [-0.1, -0.05) is 0 Å². The second kappa shape index (κ2) is 5.77. The van der Waals surface area contributed by atoms with Gasteiger partial charge >= 0.3 is 0 Å². The van der Waals surface area contributed by atoms with Gasteiger partial charge in [-0.25, -0.2) is 4.39 Å². The van der Waals surface area contributed by atoms with Crippen LogP contribution in [-0.4, -0.2) is 37.5 Å². The van der Waals surface area contributed by atoms with Crippen LogP contribution in [0, 0.1) is 23.5 Å². The summed E-state index contributed by atoms with van der Waals surface area (Å²) in [5.74, 6) is -1.39. The molecule has 1 saturated heterocycles. The van der Waals surface area contributed by atoms with Gasteiger partial charge in [-0.05, 0) is 49.9 Å². The Morgan fingerprint density at radius 2 is 1.90 bits per heavy atom. The zero-order valence-electron chi connectivity index (χ0n) is 11.8. The number of halogens is 2. The molecule has 4 atom stereocenters. The molecule has 1 aromatic carbocycles. The second-order valence-corrected chi connectivity index (χ2v) is 5.77. The monoisotopic (exact) mass is 299 g/mol. The van der Waals surface area contributed by atoms with Gasteiger partial charge in [0.25, 0.3) is 0 Å². The molecule has 1 aliphatic carbocycles. The highest BCUT2D eigenvalue weighted by atomic mass is 19.1. The fraction of sp³-hybridized carbons (Fsp3) is 0.600. The van der Waals surface area contributed by atoms with E-state index in [2.05, 4.69) is 5.32 Å². The predicted molar refractivity (Wildman–Crippen MR) is 72.4 cm³/mol. The fourth-order valence-corrected chi connectivity index (χ4v) is 3.31. The summed E-state index contributed by atoms with van der Waals surface area (Å²) >= 11 is 0. The number of fused-ring (bicyclic) bond motifs is 1. The molecular formula is C15H19F2NO3. The zero-order valence-corrected chi connectivity index (χ0v) is 11.8. The first-order valence-electron chi connectivity index (χ1n) is 7.17. The van der Waals surface area contributed by atoms with E-state index < -0.39 is 29.6 Å². The Labute approximate surface area is 122 Å². The molecule has 0 amide bonds. The number of aliphatic hydroxyl groups is 1. The van der Waals surface area contributed by atoms with Gasteiger partial charge < -0.3 is 19.9 Å². The molecule has 0 radical (unpaired) electrons. The number of hydrogen-bond donors (Lipinski definition) is 2. The molecule has 1 aliphatic heterocycles. The molecule has 21 heavy (non-hydrogen) atoms. The SMILES string of the molecule is COc1ccc(F)c(O[C@@H]2C[C@@H]3CNC[C@@H]3C[C@H]2O)c1F. The number of benzene rings is 1. The Hall–Kier alpha value is -1.40. The molecule has 1 saturated carbocycles. The highest BCUT2D eigenvalue weighted by molar-refractivity contribution is 5.37. The van der Waals surface area contributed by atoms with Crippen LogP contribution in [0.1, 0.15) is 12.8 Å². The second-order valence-electron chi connectivity index (χ2n) is 5.77. The fourth-order valence-electron chi connectivity index (χ4n) is 3.31. The van der Waals surface area contributed by atoms with E-state index in [1.165, 1.54) is 13.2 Å². The summed E-state index contributed by atoms with van der Waals surface area (Å²) < 4.78 is 38.2. The number of aliphatic hydroxyl groups excluding tert-OH is 1. The van der Waals surface area contributed by atoms with Gasteiger partial charge in [0.1, 0.15) is 6.10 Å². The van der Waals surface area contributed by atoms with Crippen LogP contribution in [0.3, 0.4) is 0 Å². The maximum atomic E-state index is 14.1. The van der Waals surface area contributed by atoms with E-state index in [4.69, 9.17) is 9.47 Å². The van der Waals surface area contributed by atoms with Gasteiger partial charge in [0.2, 0.25) is 5.82 Å². The summed E-state index contributed by atoms with van der Waals surface area (Å²) in [4.78, 5) is 0. The molecule has 6 heteroatoms. The largest absolute Gasteiger partial charge is 0.494 e. The standard InChI is InChI=1S/C15H19F2NO3/c1-20-12-3-2-10(16)15(14(12)17)21-13-5-9-7-18-6-8(9)4-11(13)19/h2-3,8-9,11,13,18-19H,4-7H2,1H3/t8-,9+,11+,13+/m0/s1. The molecule has 2 aliphatic rings. The maximum absolute atomic E-state index is 14.1. The van der Waals surface area contributed by atoms with E-state index in [-0.39, 0.29) is 5.75 Å². The molecule has 116 valence electrons. The summed E-state index contributed by atoms with van der Waals surface area (Å²) in [5, 5.41) is 13.4. The van der Waals surface area contributed by atoms with Crippen LogP contribution >= 0.6 is 0 Å². The Kier molecular flexibility index (Phi) is 3.99. The van der Waals surface area contributed by atoms with Crippen LogP contribution in [-0.2, 0) is 0 Å². The summed E-state index contributed by atoms with van der Waals surface area (Å²) in [7, 11) is 1.31. The zero-order chi connectivity index (χ0) is 15.0. The van der Waals surface area contributed by atoms with E-state index >= 15 is 0 Å². The van der Waals surface area contributed by atoms with Crippen molar-refractivity contribution in [1.82, 2.24) is 5.32 Å². The van der Waals surface area contributed by atoms with Gasteiger partial charge in [-0.2, -0.15) is 4.39 Å². The molecule has 2 N–H and O–H groups in total. The van der Waals surface area contributed by atoms with E-state index in [1.807, 2.05) is 0 Å². The van der Waals surface area contributed by atoms with Gasteiger partial charge in [-0.3, -0.25) is 0 Å². The first-order valence-corrected chi connectivity index (χ1v) is 7.17. The molecule has 0 bridgehead atoms. The van der Waals surface area contributed by atoms with Crippen molar-refractivity contribution in [3.8, 4) is 11.5 Å². The number of nitrogens with one attached hydrogen (secondary N) is 1. The van der Waals surface area contributed by atoms with Crippen molar-refractivity contribution < 1.29 is 23.4 Å². The third-order valence-electron chi connectivity index (χ3n) is 4.49. The van der Waals surface area contributed by atoms with Crippen molar-refractivity contribution in [1.29, 1.82) is 0 Å². The molecule has 4 nitrogen and oxygen atoms in total. The minimum atomic E-state index is -0.864. The Morgan fingerprint density at radius 1 is 1.19 bits per heavy atom. The van der Waals surface area contributed by atoms with E-state index in [0.717, 1.165) is 19.2 Å². The third kappa shape index (κ3) is 2.70. The smallest absolute Gasteiger partial charge is 0.209 e. The first kappa shape index (κ1) is 14.5. The highest BCUT2D eigenvalue weighted by Crippen LogP contribution is 2.37. The Balaban J connectivity index is 1.80. The summed E-state index contributed by atoms with van der Waals surface area (Å²) in [5.41, 5.74) is 0. The Morgan fingerprint density at radius 3 is 2.62 bits per heavy atom. The number of ether oxygens (including phenoxy) is 2. The van der Waals surface area contributed by atoms with E-state index in [0.29, 0.717) is 24.7 Å². The maximum Gasteiger partial charge on any atom is 0.209 e. The first-order chi connectivity index (χ1) is 10.1. The number of hydrogen-bond acceptors (Lipinski definition) is 4. The minimum Gasteiger partial charge on any atom is -0.494 e. The lowest BCUT2D eigenvalue weighted by atomic mass is 9.78. The molecular weight excluding hydrogens is 280 g/mol. The molecule has 0 spiro atoms. The molecule has 2 fully saturated rings. The van der Waals surface area contributed by atoms with Gasteiger partial charge in [0.05, 0.1) is 13.2 Å². The van der Waals surface area contributed by atoms with Gasteiger partial charge in [-0.15, -0.1) is 0 Å². The van der Waals surface area contributed by atoms with Crippen LogP contribution in [0.15, 0.2) is 12.1 Å². The summed E-state index contributed by atoms with van der Waals surface area (Å²) in [6.45, 7) is 1.75. The van der Waals surface area contributed by atoms with Crippen molar-refractivity contribution in [2.24, 2.45) is 11.8 Å². The molecule has 0 unspecified atom stereocenters. The third-order valence-corrected chi connectivity index (χ3v) is 4.49. The highest BCUT2D eigenvalue weighted by Gasteiger charge is 2.40. The van der Waals surface area contributed by atoms with E-state index in [1.54, 1.807) is 0 Å². The molecule has 3 rings (SSSR count). The number of methoxy groups -OCH3 is 1. The Bertz CT molecular complexity index is 526. The molecule has 0 aromatic heterocycles. The van der Waals surface area contributed by atoms with Gasteiger partial charge in [0, 0.05) is 0 Å². The number of rotatable bonds is 3. The molecule has 1 aromatic rings. The van der Waals surface area contributed by atoms with Crippen LogP contribution in [0.4, 0.5) is 8.78 Å². The average molecular weight is 299 g/mol. The quantitative estimate of drug-likeness (QED) is 0.892. The van der Waals surface area contributed by atoms with Crippen molar-refractivity contribution in [3.05, 3.63) is 23.8 Å². The minimum absolute atomic E-state index is 0.0721. The van der Waals surface area contributed by atoms with E-state index in [9.17, 15) is 13.9 Å². The van der Waals surface area contributed by atoms with Crippen LogP contribution < -0.4 is 14.8 Å². The predicted octanol–water partition coefficient (Wildman–Crippen LogP) is 1.71. The lowest BCUT2D eigenvalue weighted by Crippen LogP contribution is -2.42. The topological polar surface area (TPSA) is 50.7 Å². The van der Waals surface area contributed by atoms with Crippen molar-refractivity contribution in [2.75, 3.05) is 20.2 Å². The summed E-state index contributed by atoms with van der Waals surface area (Å²) in [6, 6.07) is 2.32. The summed E-state index contributed by atoms with van der Waals surface area (Å²) in [6.07, 6.45) is -0.122. The van der Waals surface area contributed by atoms with Gasteiger partial charge in [0.15, 0.2) is 17.3 Å². The normalized spacial score (nSPS) is 31.8. The van der Waals surface area contributed by atoms with Crippen LogP contribution in [0.5, 0.6) is 11.5 Å². The van der Waals surface area contributed by atoms with Crippen molar-refractivity contribution in [2.45, 2.75) is 25.0 Å². The van der Waals surface area contributed by atoms with Crippen LogP contribution in [0.25, 0.3) is 0 Å². The van der Waals surface area contributed by atoms with Crippen LogP contribution in [0.2, 0.25) is 0 Å². The van der Waals surface area contributed by atoms with Crippen molar-refractivity contribution in [3.63, 3.8) is 0 Å². The molecule has 1 heterocycles. The lowest BCUT2D eigenvalue weighted by Gasteiger charge is -2.35. The lowest BCUT2D eigenvalue weighted by molar-refractivity contribution is -0.0264. The van der Waals surface area contributed by atoms with Crippen molar-refractivity contribution >= 4 is 0 Å².